The molecule has 2 N–H and O–H groups in total. The van der Waals surface area contributed by atoms with Crippen LogP contribution in [-0.4, -0.2) is 5.11 Å². The predicted molar refractivity (Wildman–Crippen MR) is 74.5 cm³/mol. The molecule has 2 aromatic carbocycles. The van der Waals surface area contributed by atoms with Crippen LogP contribution in [0.3, 0.4) is 0 Å². The number of hydrogen-bond acceptors (Lipinski definition) is 2. The highest BCUT2D eigenvalue weighted by molar-refractivity contribution is 9.10. The number of anilines is 1. The summed E-state index contributed by atoms with van der Waals surface area (Å²) in [6.45, 7) is 0.393. The molecule has 0 radical (unpaired) electrons. The molecule has 0 fully saturated rings. The van der Waals surface area contributed by atoms with E-state index in [4.69, 9.17) is 11.6 Å². The van der Waals surface area contributed by atoms with Gasteiger partial charge in [0.2, 0.25) is 0 Å². The molecule has 18 heavy (non-hydrogen) atoms. The van der Waals surface area contributed by atoms with Crippen molar-refractivity contribution in [1.29, 1.82) is 0 Å². The molecule has 2 rings (SSSR count). The third kappa shape index (κ3) is 3.37. The van der Waals surface area contributed by atoms with Gasteiger partial charge in [0.1, 0.15) is 11.6 Å². The molecule has 0 unspecified atom stereocenters. The van der Waals surface area contributed by atoms with Gasteiger partial charge in [0.05, 0.1) is 5.69 Å². The van der Waals surface area contributed by atoms with E-state index in [0.29, 0.717) is 17.1 Å². The van der Waals surface area contributed by atoms with Gasteiger partial charge in [0, 0.05) is 22.1 Å². The van der Waals surface area contributed by atoms with Crippen molar-refractivity contribution < 1.29 is 9.50 Å². The Bertz CT molecular complexity index is 557. The summed E-state index contributed by atoms with van der Waals surface area (Å²) in [4.78, 5) is 0. The third-order valence-corrected chi connectivity index (χ3v) is 3.28. The summed E-state index contributed by atoms with van der Waals surface area (Å²) < 4.78 is 13.9. The van der Waals surface area contributed by atoms with E-state index in [9.17, 15) is 9.50 Å². The number of halogens is 3. The molecule has 0 amide bonds. The molecule has 0 aliphatic carbocycles. The standard InChI is InChI=1S/C13H10BrClFNO/c14-12-2-1-9(15)5-13(12)17-7-8-3-10(16)6-11(18)4-8/h1-6,17-18H,7H2. The number of benzene rings is 2. The summed E-state index contributed by atoms with van der Waals surface area (Å²) in [5.41, 5.74) is 1.46. The molecule has 5 heteroatoms. The summed E-state index contributed by atoms with van der Waals surface area (Å²) >= 11 is 9.28. The first-order chi connectivity index (χ1) is 8.54. The molecule has 0 aliphatic rings. The smallest absolute Gasteiger partial charge is 0.127 e. The maximum Gasteiger partial charge on any atom is 0.127 e. The molecule has 0 aliphatic heterocycles. The van der Waals surface area contributed by atoms with Crippen LogP contribution < -0.4 is 5.32 Å². The van der Waals surface area contributed by atoms with Crippen molar-refractivity contribution >= 4 is 33.2 Å². The van der Waals surface area contributed by atoms with Crippen molar-refractivity contribution in [2.45, 2.75) is 6.54 Å². The lowest BCUT2D eigenvalue weighted by molar-refractivity contribution is 0.468. The first-order valence-electron chi connectivity index (χ1n) is 5.22. The van der Waals surface area contributed by atoms with Crippen molar-refractivity contribution in [3.8, 4) is 5.75 Å². The fourth-order valence-corrected chi connectivity index (χ4v) is 2.12. The zero-order valence-corrected chi connectivity index (χ0v) is 11.6. The van der Waals surface area contributed by atoms with Gasteiger partial charge in [-0.05, 0) is 51.8 Å². The second-order valence-corrected chi connectivity index (χ2v) is 5.09. The second kappa shape index (κ2) is 5.59. The lowest BCUT2D eigenvalue weighted by Crippen LogP contribution is -2.00. The molecule has 0 spiro atoms. The summed E-state index contributed by atoms with van der Waals surface area (Å²) in [5.74, 6) is -0.547. The maximum atomic E-state index is 13.1. The summed E-state index contributed by atoms with van der Waals surface area (Å²) in [6.07, 6.45) is 0. The van der Waals surface area contributed by atoms with Crippen LogP contribution in [0, 0.1) is 5.82 Å². The third-order valence-electron chi connectivity index (χ3n) is 2.35. The minimum absolute atomic E-state index is 0.0861. The van der Waals surface area contributed by atoms with Gasteiger partial charge in [-0.3, -0.25) is 0 Å². The van der Waals surface area contributed by atoms with E-state index in [1.54, 1.807) is 12.1 Å². The quantitative estimate of drug-likeness (QED) is 0.864. The van der Waals surface area contributed by atoms with Crippen LogP contribution >= 0.6 is 27.5 Å². The van der Waals surface area contributed by atoms with E-state index in [-0.39, 0.29) is 5.75 Å². The van der Waals surface area contributed by atoms with Gasteiger partial charge < -0.3 is 10.4 Å². The average molecular weight is 331 g/mol. The van der Waals surface area contributed by atoms with E-state index in [2.05, 4.69) is 21.2 Å². The fraction of sp³-hybridized carbons (Fsp3) is 0.0769. The maximum absolute atomic E-state index is 13.1. The number of aromatic hydroxyl groups is 1. The molecule has 0 saturated carbocycles. The molecule has 94 valence electrons. The minimum atomic E-state index is -0.461. The van der Waals surface area contributed by atoms with Crippen LogP contribution in [0.2, 0.25) is 5.02 Å². The summed E-state index contributed by atoms with van der Waals surface area (Å²) in [5, 5.41) is 13.0. The highest BCUT2D eigenvalue weighted by atomic mass is 79.9. The average Bonchev–Trinajstić information content (AvgIpc) is 2.29. The predicted octanol–water partition coefficient (Wildman–Crippen LogP) is 4.56. The SMILES string of the molecule is Oc1cc(F)cc(CNc2cc(Cl)ccc2Br)c1. The molecular weight excluding hydrogens is 321 g/mol. The van der Waals surface area contributed by atoms with E-state index in [1.807, 2.05) is 6.07 Å². The van der Waals surface area contributed by atoms with E-state index in [1.165, 1.54) is 12.1 Å². The van der Waals surface area contributed by atoms with Crippen molar-refractivity contribution in [2.75, 3.05) is 5.32 Å². The Morgan fingerprint density at radius 3 is 2.72 bits per heavy atom. The molecule has 0 bridgehead atoms. The Morgan fingerprint density at radius 2 is 2.00 bits per heavy atom. The number of phenols is 1. The van der Waals surface area contributed by atoms with E-state index < -0.39 is 5.82 Å². The minimum Gasteiger partial charge on any atom is -0.508 e. The van der Waals surface area contributed by atoms with Crippen molar-refractivity contribution in [1.82, 2.24) is 0 Å². The molecule has 2 nitrogen and oxygen atoms in total. The van der Waals surface area contributed by atoms with E-state index in [0.717, 1.165) is 16.2 Å². The van der Waals surface area contributed by atoms with Gasteiger partial charge in [-0.15, -0.1) is 0 Å². The second-order valence-electron chi connectivity index (χ2n) is 3.80. The van der Waals surface area contributed by atoms with E-state index >= 15 is 0 Å². The van der Waals surface area contributed by atoms with Crippen LogP contribution in [0.25, 0.3) is 0 Å². The van der Waals surface area contributed by atoms with Crippen LogP contribution in [0.15, 0.2) is 40.9 Å². The van der Waals surface area contributed by atoms with Gasteiger partial charge in [0.25, 0.3) is 0 Å². The summed E-state index contributed by atoms with van der Waals surface area (Å²) in [7, 11) is 0. The van der Waals surface area contributed by atoms with Gasteiger partial charge in [0.15, 0.2) is 0 Å². The lowest BCUT2D eigenvalue weighted by atomic mass is 10.2. The summed E-state index contributed by atoms with van der Waals surface area (Å²) in [6, 6.07) is 9.31. The highest BCUT2D eigenvalue weighted by Crippen LogP contribution is 2.26. The zero-order chi connectivity index (χ0) is 13.1. The van der Waals surface area contributed by atoms with Crippen LogP contribution in [-0.2, 0) is 6.54 Å². The Morgan fingerprint density at radius 1 is 1.22 bits per heavy atom. The van der Waals surface area contributed by atoms with Crippen molar-refractivity contribution in [2.24, 2.45) is 0 Å². The molecule has 0 aromatic heterocycles. The van der Waals surface area contributed by atoms with Gasteiger partial charge in [-0.2, -0.15) is 0 Å². The Kier molecular flexibility index (Phi) is 4.09. The molecule has 0 heterocycles. The molecule has 2 aromatic rings. The molecular formula is C13H10BrClFNO. The molecule has 0 atom stereocenters. The first kappa shape index (κ1) is 13.2. The van der Waals surface area contributed by atoms with Crippen LogP contribution in [0.1, 0.15) is 5.56 Å². The number of rotatable bonds is 3. The molecule has 0 saturated heterocycles. The lowest BCUT2D eigenvalue weighted by Gasteiger charge is -2.09. The Labute approximate surface area is 118 Å². The van der Waals surface area contributed by atoms with Crippen molar-refractivity contribution in [3.63, 3.8) is 0 Å². The fourth-order valence-electron chi connectivity index (χ4n) is 1.57. The van der Waals surface area contributed by atoms with Gasteiger partial charge >= 0.3 is 0 Å². The highest BCUT2D eigenvalue weighted by Gasteiger charge is 2.03. The largest absolute Gasteiger partial charge is 0.508 e. The Hall–Kier alpha value is -1.26. The Balaban J connectivity index is 2.13. The zero-order valence-electron chi connectivity index (χ0n) is 9.25. The van der Waals surface area contributed by atoms with Gasteiger partial charge in [-0.1, -0.05) is 11.6 Å². The number of hydrogen-bond donors (Lipinski definition) is 2. The van der Waals surface area contributed by atoms with Crippen molar-refractivity contribution in [3.05, 3.63) is 57.3 Å². The normalized spacial score (nSPS) is 10.4. The topological polar surface area (TPSA) is 32.3 Å². The van der Waals surface area contributed by atoms with Crippen LogP contribution in [0.5, 0.6) is 5.75 Å². The van der Waals surface area contributed by atoms with Crippen LogP contribution in [0.4, 0.5) is 10.1 Å². The number of nitrogens with one attached hydrogen (secondary N) is 1. The number of phenolic OH excluding ortho intramolecular Hbond substituents is 1. The first-order valence-corrected chi connectivity index (χ1v) is 6.39. The monoisotopic (exact) mass is 329 g/mol. The van der Waals surface area contributed by atoms with Gasteiger partial charge in [-0.25, -0.2) is 4.39 Å².